The first-order valence-electron chi connectivity index (χ1n) is 6.07. The highest BCUT2D eigenvalue weighted by Crippen LogP contribution is 2.29. The van der Waals surface area contributed by atoms with Crippen molar-refractivity contribution < 1.29 is 0 Å². The Hall–Kier alpha value is -1.02. The third-order valence-electron chi connectivity index (χ3n) is 2.84. The lowest BCUT2D eigenvalue weighted by Gasteiger charge is -2.17. The summed E-state index contributed by atoms with van der Waals surface area (Å²) in [6.07, 6.45) is 8.09. The molecule has 0 saturated heterocycles. The number of rotatable bonds is 8. The van der Waals surface area contributed by atoms with Crippen LogP contribution in [0.3, 0.4) is 0 Å². The van der Waals surface area contributed by atoms with Crippen molar-refractivity contribution in [2.75, 3.05) is 0 Å². The first-order chi connectivity index (χ1) is 7.24. The van der Waals surface area contributed by atoms with E-state index in [0.717, 1.165) is 38.5 Å². The SMILES string of the molecule is CCCCCCC(C#N)(C#N)CCCC. The van der Waals surface area contributed by atoms with Crippen LogP contribution < -0.4 is 0 Å². The molecule has 84 valence electrons. The maximum Gasteiger partial charge on any atom is 0.143 e. The van der Waals surface area contributed by atoms with Crippen molar-refractivity contribution in [1.82, 2.24) is 0 Å². The Balaban J connectivity index is 4.03. The van der Waals surface area contributed by atoms with Crippen LogP contribution in [0.4, 0.5) is 0 Å². The van der Waals surface area contributed by atoms with Crippen LogP contribution in [0.1, 0.15) is 65.2 Å². The van der Waals surface area contributed by atoms with Gasteiger partial charge in [0.2, 0.25) is 0 Å². The second-order valence-electron chi connectivity index (χ2n) is 4.22. The Labute approximate surface area is 93.9 Å². The molecule has 15 heavy (non-hydrogen) atoms. The van der Waals surface area contributed by atoms with Crippen molar-refractivity contribution in [2.24, 2.45) is 5.41 Å². The minimum Gasteiger partial charge on any atom is -0.197 e. The number of unbranched alkanes of at least 4 members (excludes halogenated alkanes) is 4. The molecule has 0 aliphatic heterocycles. The first-order valence-corrected chi connectivity index (χ1v) is 6.07. The van der Waals surface area contributed by atoms with Crippen LogP contribution in [-0.2, 0) is 0 Å². The molecule has 2 heteroatoms. The van der Waals surface area contributed by atoms with Crippen molar-refractivity contribution in [1.29, 1.82) is 10.5 Å². The molecule has 0 aliphatic carbocycles. The molecule has 0 amide bonds. The van der Waals surface area contributed by atoms with E-state index < -0.39 is 5.41 Å². The lowest BCUT2D eigenvalue weighted by Crippen LogP contribution is -2.15. The predicted molar refractivity (Wildman–Crippen MR) is 61.9 cm³/mol. The summed E-state index contributed by atoms with van der Waals surface area (Å²) in [5.41, 5.74) is -0.705. The Bertz CT molecular complexity index is 218. The van der Waals surface area contributed by atoms with E-state index in [2.05, 4.69) is 26.0 Å². The van der Waals surface area contributed by atoms with Gasteiger partial charge in [-0.15, -0.1) is 0 Å². The summed E-state index contributed by atoms with van der Waals surface area (Å²) in [5, 5.41) is 18.2. The van der Waals surface area contributed by atoms with Gasteiger partial charge in [-0.1, -0.05) is 52.4 Å². The highest BCUT2D eigenvalue weighted by Gasteiger charge is 2.28. The molecule has 2 nitrogen and oxygen atoms in total. The summed E-state index contributed by atoms with van der Waals surface area (Å²) < 4.78 is 0. The van der Waals surface area contributed by atoms with Gasteiger partial charge in [-0.25, -0.2) is 0 Å². The second kappa shape index (κ2) is 8.30. The van der Waals surface area contributed by atoms with Gasteiger partial charge in [-0.2, -0.15) is 10.5 Å². The fourth-order valence-electron chi connectivity index (χ4n) is 1.71. The van der Waals surface area contributed by atoms with Gasteiger partial charge in [0, 0.05) is 0 Å². The molecule has 0 aliphatic rings. The quantitative estimate of drug-likeness (QED) is 0.559. The van der Waals surface area contributed by atoms with Gasteiger partial charge in [0.15, 0.2) is 0 Å². The molecule has 0 radical (unpaired) electrons. The lowest BCUT2D eigenvalue weighted by atomic mass is 9.81. The van der Waals surface area contributed by atoms with Crippen molar-refractivity contribution in [2.45, 2.75) is 65.2 Å². The number of hydrogen-bond donors (Lipinski definition) is 0. The Kier molecular flexibility index (Phi) is 7.74. The highest BCUT2D eigenvalue weighted by molar-refractivity contribution is 5.13. The molecule has 0 aromatic carbocycles. The maximum atomic E-state index is 9.09. The minimum absolute atomic E-state index is 0.705. The van der Waals surface area contributed by atoms with Crippen LogP contribution in [0, 0.1) is 28.1 Å². The van der Waals surface area contributed by atoms with Crippen LogP contribution in [0.25, 0.3) is 0 Å². The van der Waals surface area contributed by atoms with Crippen molar-refractivity contribution in [3.63, 3.8) is 0 Å². The van der Waals surface area contributed by atoms with Crippen LogP contribution >= 0.6 is 0 Å². The van der Waals surface area contributed by atoms with Gasteiger partial charge in [-0.3, -0.25) is 0 Å². The summed E-state index contributed by atoms with van der Waals surface area (Å²) in [6.45, 7) is 4.26. The van der Waals surface area contributed by atoms with E-state index in [1.54, 1.807) is 0 Å². The van der Waals surface area contributed by atoms with Gasteiger partial charge in [0.25, 0.3) is 0 Å². The average Bonchev–Trinajstić information content (AvgIpc) is 2.29. The van der Waals surface area contributed by atoms with E-state index >= 15 is 0 Å². The van der Waals surface area contributed by atoms with Gasteiger partial charge < -0.3 is 0 Å². The van der Waals surface area contributed by atoms with Crippen LogP contribution in [0.15, 0.2) is 0 Å². The molecule has 0 atom stereocenters. The molecular weight excluding hydrogens is 184 g/mol. The molecule has 0 bridgehead atoms. The van der Waals surface area contributed by atoms with Crippen LogP contribution in [-0.4, -0.2) is 0 Å². The molecule has 0 N–H and O–H groups in total. The molecule has 0 saturated carbocycles. The zero-order chi connectivity index (χ0) is 11.6. The Morgan fingerprint density at radius 3 is 1.80 bits per heavy atom. The Morgan fingerprint density at radius 2 is 1.33 bits per heavy atom. The number of nitrogens with zero attached hydrogens (tertiary/aromatic N) is 2. The molecule has 0 spiro atoms. The molecular formula is C13H22N2. The second-order valence-corrected chi connectivity index (χ2v) is 4.22. The smallest absolute Gasteiger partial charge is 0.143 e. The van der Waals surface area contributed by atoms with E-state index in [-0.39, 0.29) is 0 Å². The highest BCUT2D eigenvalue weighted by atomic mass is 14.4. The van der Waals surface area contributed by atoms with Crippen LogP contribution in [0.5, 0.6) is 0 Å². The molecule has 0 unspecified atom stereocenters. The monoisotopic (exact) mass is 206 g/mol. The van der Waals surface area contributed by atoms with E-state index in [9.17, 15) is 0 Å². The molecule has 0 rings (SSSR count). The van der Waals surface area contributed by atoms with Crippen molar-refractivity contribution >= 4 is 0 Å². The van der Waals surface area contributed by atoms with Gasteiger partial charge in [0.05, 0.1) is 12.1 Å². The van der Waals surface area contributed by atoms with Gasteiger partial charge in [0.1, 0.15) is 5.41 Å². The zero-order valence-electron chi connectivity index (χ0n) is 10.1. The fourth-order valence-corrected chi connectivity index (χ4v) is 1.71. The molecule has 0 heterocycles. The Morgan fingerprint density at radius 1 is 0.800 bits per heavy atom. The number of nitriles is 2. The molecule has 0 fully saturated rings. The lowest BCUT2D eigenvalue weighted by molar-refractivity contribution is 0.400. The van der Waals surface area contributed by atoms with Gasteiger partial charge >= 0.3 is 0 Å². The maximum absolute atomic E-state index is 9.09. The minimum atomic E-state index is -0.705. The third kappa shape index (κ3) is 5.43. The summed E-state index contributed by atoms with van der Waals surface area (Å²) in [4.78, 5) is 0. The van der Waals surface area contributed by atoms with Gasteiger partial charge in [-0.05, 0) is 12.8 Å². The summed E-state index contributed by atoms with van der Waals surface area (Å²) >= 11 is 0. The normalized spacial score (nSPS) is 10.7. The standard InChI is InChI=1S/C13H22N2/c1-3-5-7-8-10-13(11-14,12-15)9-6-4-2/h3-10H2,1-2H3. The zero-order valence-corrected chi connectivity index (χ0v) is 10.1. The predicted octanol–water partition coefficient (Wildman–Crippen LogP) is 4.18. The summed E-state index contributed by atoms with van der Waals surface area (Å²) in [7, 11) is 0. The first kappa shape index (κ1) is 14.0. The van der Waals surface area contributed by atoms with Crippen molar-refractivity contribution in [3.8, 4) is 12.1 Å². The topological polar surface area (TPSA) is 47.6 Å². The molecule has 0 aromatic rings. The fraction of sp³-hybridized carbons (Fsp3) is 0.846. The van der Waals surface area contributed by atoms with E-state index in [4.69, 9.17) is 10.5 Å². The summed E-state index contributed by atoms with van der Waals surface area (Å²) in [6, 6.07) is 4.43. The summed E-state index contributed by atoms with van der Waals surface area (Å²) in [5.74, 6) is 0. The van der Waals surface area contributed by atoms with Crippen LogP contribution in [0.2, 0.25) is 0 Å². The molecule has 0 aromatic heterocycles. The van der Waals surface area contributed by atoms with E-state index in [1.165, 1.54) is 12.8 Å². The average molecular weight is 206 g/mol. The van der Waals surface area contributed by atoms with Crippen molar-refractivity contribution in [3.05, 3.63) is 0 Å². The van der Waals surface area contributed by atoms with E-state index in [1.807, 2.05) is 0 Å². The largest absolute Gasteiger partial charge is 0.197 e. The van der Waals surface area contributed by atoms with E-state index in [0.29, 0.717) is 0 Å². The number of hydrogen-bond acceptors (Lipinski definition) is 2. The third-order valence-corrected chi connectivity index (χ3v) is 2.84.